The van der Waals surface area contributed by atoms with E-state index in [-0.39, 0.29) is 24.4 Å². The fourth-order valence-corrected chi connectivity index (χ4v) is 2.49. The highest BCUT2D eigenvalue weighted by atomic mass is 32.1. The van der Waals surface area contributed by atoms with E-state index in [4.69, 9.17) is 10.8 Å². The van der Waals surface area contributed by atoms with Crippen LogP contribution < -0.4 is 5.73 Å². The van der Waals surface area contributed by atoms with Crippen molar-refractivity contribution in [1.29, 1.82) is 0 Å². The second-order valence-electron chi connectivity index (χ2n) is 4.95. The SMILES string of the molecule is CC(N)c1nc(C(=O)N(CCCC(=O)O)C(C)C)cs1. The number of aromatic nitrogens is 1. The lowest BCUT2D eigenvalue weighted by molar-refractivity contribution is -0.137. The van der Waals surface area contributed by atoms with Gasteiger partial charge in [0.1, 0.15) is 10.7 Å². The standard InChI is InChI=1S/C13H21N3O3S/c1-8(2)16(6-4-5-11(17)18)13(19)10-7-20-12(15-10)9(3)14/h7-9H,4-6,14H2,1-3H3,(H,17,18). The van der Waals surface area contributed by atoms with Crippen LogP contribution in [-0.2, 0) is 4.79 Å². The van der Waals surface area contributed by atoms with Crippen molar-refractivity contribution in [3.8, 4) is 0 Å². The number of hydrogen-bond acceptors (Lipinski definition) is 5. The predicted molar refractivity (Wildman–Crippen MR) is 77.8 cm³/mol. The van der Waals surface area contributed by atoms with Crippen LogP contribution >= 0.6 is 11.3 Å². The first-order valence-corrected chi connectivity index (χ1v) is 7.44. The van der Waals surface area contributed by atoms with Crippen molar-refractivity contribution in [3.63, 3.8) is 0 Å². The molecule has 20 heavy (non-hydrogen) atoms. The average molecular weight is 299 g/mol. The molecule has 1 rings (SSSR count). The number of aliphatic carboxylic acids is 1. The number of nitrogens with zero attached hydrogens (tertiary/aromatic N) is 2. The maximum absolute atomic E-state index is 12.4. The molecule has 112 valence electrons. The summed E-state index contributed by atoms with van der Waals surface area (Å²) in [7, 11) is 0. The predicted octanol–water partition coefficient (Wildman–Crippen LogP) is 1.88. The van der Waals surface area contributed by atoms with E-state index in [1.165, 1.54) is 11.3 Å². The number of carboxylic acids is 1. The Hall–Kier alpha value is -1.47. The molecule has 1 unspecified atom stereocenters. The van der Waals surface area contributed by atoms with Gasteiger partial charge in [-0.2, -0.15) is 0 Å². The molecule has 0 spiro atoms. The Kier molecular flexibility index (Phi) is 6.09. The van der Waals surface area contributed by atoms with Gasteiger partial charge in [0.05, 0.1) is 6.04 Å². The summed E-state index contributed by atoms with van der Waals surface area (Å²) >= 11 is 1.37. The van der Waals surface area contributed by atoms with Crippen LogP contribution in [0.5, 0.6) is 0 Å². The summed E-state index contributed by atoms with van der Waals surface area (Å²) in [6.07, 6.45) is 0.488. The Morgan fingerprint density at radius 2 is 2.10 bits per heavy atom. The second kappa shape index (κ2) is 7.35. The molecular weight excluding hydrogens is 278 g/mol. The third-order valence-corrected chi connectivity index (χ3v) is 3.85. The number of carboxylic acid groups (broad SMARTS) is 1. The minimum atomic E-state index is -0.853. The molecule has 0 fully saturated rings. The molecule has 6 nitrogen and oxygen atoms in total. The fourth-order valence-electron chi connectivity index (χ4n) is 1.74. The highest BCUT2D eigenvalue weighted by Gasteiger charge is 2.21. The van der Waals surface area contributed by atoms with E-state index >= 15 is 0 Å². The summed E-state index contributed by atoms with van der Waals surface area (Å²) in [5.74, 6) is -1.03. The maximum Gasteiger partial charge on any atom is 0.303 e. The monoisotopic (exact) mass is 299 g/mol. The van der Waals surface area contributed by atoms with Gasteiger partial charge in [-0.15, -0.1) is 11.3 Å². The maximum atomic E-state index is 12.4. The van der Waals surface area contributed by atoms with Crippen LogP contribution in [0.1, 0.15) is 55.2 Å². The Morgan fingerprint density at radius 1 is 1.45 bits per heavy atom. The molecule has 3 N–H and O–H groups in total. The molecule has 1 aromatic rings. The van der Waals surface area contributed by atoms with Gasteiger partial charge in [0, 0.05) is 24.4 Å². The first-order valence-electron chi connectivity index (χ1n) is 6.56. The first-order chi connectivity index (χ1) is 9.32. The van der Waals surface area contributed by atoms with E-state index in [0.717, 1.165) is 5.01 Å². The highest BCUT2D eigenvalue weighted by Crippen LogP contribution is 2.18. The van der Waals surface area contributed by atoms with E-state index in [9.17, 15) is 9.59 Å². The van der Waals surface area contributed by atoms with Crippen LogP contribution in [0.2, 0.25) is 0 Å². The number of nitrogens with two attached hydrogens (primary N) is 1. The van der Waals surface area contributed by atoms with Crippen molar-refractivity contribution in [2.24, 2.45) is 5.73 Å². The van der Waals surface area contributed by atoms with Gasteiger partial charge in [0.15, 0.2) is 0 Å². The highest BCUT2D eigenvalue weighted by molar-refractivity contribution is 7.09. The summed E-state index contributed by atoms with van der Waals surface area (Å²) in [5.41, 5.74) is 6.12. The van der Waals surface area contributed by atoms with Crippen molar-refractivity contribution in [2.75, 3.05) is 6.54 Å². The van der Waals surface area contributed by atoms with Crippen molar-refractivity contribution in [3.05, 3.63) is 16.1 Å². The van der Waals surface area contributed by atoms with Crippen LogP contribution in [-0.4, -0.2) is 39.5 Å². The summed E-state index contributed by atoms with van der Waals surface area (Å²) in [6.45, 7) is 6.03. The third-order valence-electron chi connectivity index (χ3n) is 2.80. The lowest BCUT2D eigenvalue weighted by Gasteiger charge is -2.25. The Labute approximate surface area is 122 Å². The molecule has 7 heteroatoms. The van der Waals surface area contributed by atoms with Crippen LogP contribution in [0, 0.1) is 0 Å². The molecule has 0 bridgehead atoms. The van der Waals surface area contributed by atoms with Gasteiger partial charge >= 0.3 is 5.97 Å². The molecule has 0 aliphatic heterocycles. The Morgan fingerprint density at radius 3 is 2.55 bits per heavy atom. The van der Waals surface area contributed by atoms with Gasteiger partial charge in [-0.25, -0.2) is 4.98 Å². The van der Waals surface area contributed by atoms with Crippen molar-refractivity contribution in [1.82, 2.24) is 9.88 Å². The number of rotatable bonds is 7. The van der Waals surface area contributed by atoms with Crippen LogP contribution in [0.25, 0.3) is 0 Å². The van der Waals surface area contributed by atoms with Gasteiger partial charge in [-0.05, 0) is 27.2 Å². The van der Waals surface area contributed by atoms with Crippen LogP contribution in [0.15, 0.2) is 5.38 Å². The average Bonchev–Trinajstić information content (AvgIpc) is 2.82. The molecule has 1 atom stereocenters. The summed E-state index contributed by atoms with van der Waals surface area (Å²) in [6, 6.07) is -0.196. The van der Waals surface area contributed by atoms with E-state index < -0.39 is 5.97 Å². The number of hydrogen-bond donors (Lipinski definition) is 2. The molecule has 1 amide bonds. The molecule has 0 saturated heterocycles. The Bertz CT molecular complexity index is 471. The smallest absolute Gasteiger partial charge is 0.303 e. The second-order valence-corrected chi connectivity index (χ2v) is 5.84. The van der Waals surface area contributed by atoms with Gasteiger partial charge in [-0.3, -0.25) is 9.59 Å². The quantitative estimate of drug-likeness (QED) is 0.801. The van der Waals surface area contributed by atoms with Gasteiger partial charge in [0.2, 0.25) is 0 Å². The molecule has 0 aliphatic carbocycles. The van der Waals surface area contributed by atoms with Crippen molar-refractivity contribution < 1.29 is 14.7 Å². The summed E-state index contributed by atoms with van der Waals surface area (Å²) in [5, 5.41) is 11.1. The molecule has 1 aromatic heterocycles. The van der Waals surface area contributed by atoms with Crippen LogP contribution in [0.4, 0.5) is 0 Å². The molecule has 0 aliphatic rings. The normalized spacial score (nSPS) is 12.4. The topological polar surface area (TPSA) is 96.5 Å². The number of thiazole rings is 1. The number of carbonyl (C=O) groups excluding carboxylic acids is 1. The largest absolute Gasteiger partial charge is 0.481 e. The van der Waals surface area contributed by atoms with E-state index in [1.807, 2.05) is 20.8 Å². The van der Waals surface area contributed by atoms with Gasteiger partial charge in [0.25, 0.3) is 5.91 Å². The lowest BCUT2D eigenvalue weighted by Crippen LogP contribution is -2.38. The Balaban J connectivity index is 2.74. The third kappa shape index (κ3) is 4.57. The van der Waals surface area contributed by atoms with Crippen molar-refractivity contribution in [2.45, 2.75) is 45.7 Å². The zero-order valence-electron chi connectivity index (χ0n) is 12.0. The molecule has 0 aromatic carbocycles. The zero-order chi connectivity index (χ0) is 15.3. The van der Waals surface area contributed by atoms with Crippen LogP contribution in [0.3, 0.4) is 0 Å². The molecule has 0 radical (unpaired) electrons. The fraction of sp³-hybridized carbons (Fsp3) is 0.615. The summed E-state index contributed by atoms with van der Waals surface area (Å²) < 4.78 is 0. The van der Waals surface area contributed by atoms with Crippen molar-refractivity contribution >= 4 is 23.2 Å². The molecule has 0 saturated carbocycles. The first kappa shape index (κ1) is 16.6. The molecule has 1 heterocycles. The minimum Gasteiger partial charge on any atom is -0.481 e. The van der Waals surface area contributed by atoms with E-state index in [1.54, 1.807) is 10.3 Å². The number of carbonyl (C=O) groups is 2. The lowest BCUT2D eigenvalue weighted by atomic mass is 10.2. The van der Waals surface area contributed by atoms with Gasteiger partial charge < -0.3 is 15.7 Å². The van der Waals surface area contributed by atoms with E-state index in [2.05, 4.69) is 4.98 Å². The van der Waals surface area contributed by atoms with E-state index in [0.29, 0.717) is 18.7 Å². The molecular formula is C13H21N3O3S. The number of amides is 1. The zero-order valence-corrected chi connectivity index (χ0v) is 12.8. The van der Waals surface area contributed by atoms with Gasteiger partial charge in [-0.1, -0.05) is 0 Å². The minimum absolute atomic E-state index is 0.00301. The summed E-state index contributed by atoms with van der Waals surface area (Å²) in [4.78, 5) is 28.8.